The zero-order valence-corrected chi connectivity index (χ0v) is 24.0. The first-order valence-corrected chi connectivity index (χ1v) is 14.2. The van der Waals surface area contributed by atoms with Gasteiger partial charge in [-0.3, -0.25) is 4.79 Å². The number of carbonyl (C=O) groups is 1. The molecule has 0 spiro atoms. The smallest absolute Gasteiger partial charge is 0.230 e. The molecule has 1 saturated heterocycles. The molecule has 7 nitrogen and oxygen atoms in total. The van der Waals surface area contributed by atoms with E-state index in [0.29, 0.717) is 38.7 Å². The number of aromatic nitrogens is 2. The average molecular weight is 576 g/mol. The number of amides is 1. The van der Waals surface area contributed by atoms with Crippen LogP contribution in [0.2, 0.25) is 10.0 Å². The predicted molar refractivity (Wildman–Crippen MR) is 154 cm³/mol. The largest absolute Gasteiger partial charge is 0.493 e. The van der Waals surface area contributed by atoms with Gasteiger partial charge in [0.15, 0.2) is 16.7 Å². The zero-order chi connectivity index (χ0) is 27.1. The van der Waals surface area contributed by atoms with Crippen LogP contribution in [-0.2, 0) is 11.2 Å². The summed E-state index contributed by atoms with van der Waals surface area (Å²) < 4.78 is 10.7. The summed E-state index contributed by atoms with van der Waals surface area (Å²) in [5.41, 5.74) is 2.98. The van der Waals surface area contributed by atoms with Crippen LogP contribution in [0.3, 0.4) is 0 Å². The summed E-state index contributed by atoms with van der Waals surface area (Å²) >= 11 is 13.5. The van der Waals surface area contributed by atoms with E-state index < -0.39 is 0 Å². The summed E-state index contributed by atoms with van der Waals surface area (Å²) in [5.74, 6) is 2.08. The zero-order valence-electron chi connectivity index (χ0n) is 21.7. The number of nitrogens with zero attached hydrogens (tertiary/aromatic N) is 2. The average Bonchev–Trinajstić information content (AvgIpc) is 3.35. The summed E-state index contributed by atoms with van der Waals surface area (Å²) in [6, 6.07) is 11.9. The molecule has 0 saturated carbocycles. The molecule has 3 unspecified atom stereocenters. The summed E-state index contributed by atoms with van der Waals surface area (Å²) in [5, 5.41) is 8.43. The molecule has 1 amide bonds. The van der Waals surface area contributed by atoms with Gasteiger partial charge in [-0.25, -0.2) is 9.97 Å². The van der Waals surface area contributed by atoms with Crippen molar-refractivity contribution < 1.29 is 14.3 Å². The lowest BCUT2D eigenvalue weighted by Gasteiger charge is -2.18. The van der Waals surface area contributed by atoms with E-state index in [9.17, 15) is 4.79 Å². The van der Waals surface area contributed by atoms with Crippen molar-refractivity contribution in [2.75, 3.05) is 26.5 Å². The van der Waals surface area contributed by atoms with Gasteiger partial charge in [-0.1, -0.05) is 47.1 Å². The number of methoxy groups -OCH3 is 2. The van der Waals surface area contributed by atoms with Gasteiger partial charge in [0.25, 0.3) is 0 Å². The van der Waals surface area contributed by atoms with Crippen molar-refractivity contribution in [1.29, 1.82) is 0 Å². The fourth-order valence-corrected chi connectivity index (χ4v) is 5.64. The van der Waals surface area contributed by atoms with Crippen molar-refractivity contribution in [3.8, 4) is 22.6 Å². The van der Waals surface area contributed by atoms with Crippen LogP contribution in [0.1, 0.15) is 25.3 Å². The van der Waals surface area contributed by atoms with Gasteiger partial charge < -0.3 is 20.1 Å². The molecule has 3 aromatic rings. The fourth-order valence-electron chi connectivity index (χ4n) is 4.73. The van der Waals surface area contributed by atoms with E-state index in [4.69, 9.17) is 32.7 Å². The molecular formula is C28H32Cl2N4O3S. The second kappa shape index (κ2) is 13.5. The lowest BCUT2D eigenvalue weighted by molar-refractivity contribution is -0.119. The SMILES string of the molecule is COc1ccc(-c2cnc(SCC(=O)NC(C)CC3CC(Cc4ccc(Cl)c(Cl)c4)CN3)nc2)cc1OC. The van der Waals surface area contributed by atoms with E-state index in [1.54, 1.807) is 26.6 Å². The number of nitrogens with one attached hydrogen (secondary N) is 2. The summed E-state index contributed by atoms with van der Waals surface area (Å²) in [6.07, 6.45) is 6.40. The maximum Gasteiger partial charge on any atom is 0.230 e. The summed E-state index contributed by atoms with van der Waals surface area (Å²) in [4.78, 5) is 21.4. The van der Waals surface area contributed by atoms with Gasteiger partial charge in [-0.05, 0) is 74.0 Å². The Morgan fingerprint density at radius 1 is 1.08 bits per heavy atom. The highest BCUT2D eigenvalue weighted by atomic mass is 35.5. The van der Waals surface area contributed by atoms with Crippen LogP contribution in [0, 0.1) is 5.92 Å². The Morgan fingerprint density at radius 3 is 2.55 bits per heavy atom. The van der Waals surface area contributed by atoms with Gasteiger partial charge in [0.1, 0.15) is 0 Å². The molecule has 1 aromatic heterocycles. The maximum absolute atomic E-state index is 12.5. The first kappa shape index (κ1) is 28.5. The maximum atomic E-state index is 12.5. The quantitative estimate of drug-likeness (QED) is 0.225. The monoisotopic (exact) mass is 574 g/mol. The molecule has 2 heterocycles. The lowest BCUT2D eigenvalue weighted by Crippen LogP contribution is -2.38. The molecule has 1 fully saturated rings. The number of hydrogen-bond acceptors (Lipinski definition) is 7. The van der Waals surface area contributed by atoms with Crippen molar-refractivity contribution in [3.05, 3.63) is 64.4 Å². The number of ether oxygens (including phenoxy) is 2. The number of halogens is 2. The molecule has 0 aliphatic carbocycles. The van der Waals surface area contributed by atoms with E-state index in [0.717, 1.165) is 36.9 Å². The normalized spacial score (nSPS) is 17.7. The third-order valence-corrected chi connectivity index (χ3v) is 8.16. The number of carbonyl (C=O) groups excluding carboxylic acids is 1. The molecule has 1 aliphatic rings. The third kappa shape index (κ3) is 7.76. The molecule has 10 heteroatoms. The molecule has 0 bridgehead atoms. The standard InChI is InChI=1S/C28H32Cl2N4O3S/c1-17(8-22-10-19(13-31-22)9-18-4-6-23(29)24(30)11-18)34-27(35)16-38-28-32-14-21(15-33-28)20-5-7-25(36-2)26(12-20)37-3/h4-7,11-12,14-15,17,19,22,31H,8-10,13,16H2,1-3H3,(H,34,35). The Labute approximate surface area is 238 Å². The second-order valence-electron chi connectivity index (χ2n) is 9.48. The number of hydrogen-bond donors (Lipinski definition) is 2. The van der Waals surface area contributed by atoms with Crippen LogP contribution in [0.4, 0.5) is 0 Å². The van der Waals surface area contributed by atoms with Crippen molar-refractivity contribution in [2.24, 2.45) is 5.92 Å². The number of thioether (sulfide) groups is 1. The minimum atomic E-state index is -0.0274. The first-order chi connectivity index (χ1) is 18.3. The number of benzene rings is 2. The summed E-state index contributed by atoms with van der Waals surface area (Å²) in [6.45, 7) is 3.00. The van der Waals surface area contributed by atoms with Crippen LogP contribution in [0.15, 0.2) is 53.9 Å². The van der Waals surface area contributed by atoms with Crippen molar-refractivity contribution in [1.82, 2.24) is 20.6 Å². The topological polar surface area (TPSA) is 85.4 Å². The Morgan fingerprint density at radius 2 is 1.84 bits per heavy atom. The lowest BCUT2D eigenvalue weighted by atomic mass is 9.95. The van der Waals surface area contributed by atoms with Crippen LogP contribution in [0.5, 0.6) is 11.5 Å². The van der Waals surface area contributed by atoms with E-state index >= 15 is 0 Å². The van der Waals surface area contributed by atoms with Crippen molar-refractivity contribution in [3.63, 3.8) is 0 Å². The molecule has 1 aliphatic heterocycles. The Balaban J connectivity index is 1.20. The molecule has 2 N–H and O–H groups in total. The van der Waals surface area contributed by atoms with Gasteiger partial charge >= 0.3 is 0 Å². The molecule has 38 heavy (non-hydrogen) atoms. The van der Waals surface area contributed by atoms with Gasteiger partial charge in [0.2, 0.25) is 5.91 Å². The first-order valence-electron chi connectivity index (χ1n) is 12.5. The molecule has 4 rings (SSSR count). The minimum absolute atomic E-state index is 0.0274. The van der Waals surface area contributed by atoms with Crippen LogP contribution in [0.25, 0.3) is 11.1 Å². The summed E-state index contributed by atoms with van der Waals surface area (Å²) in [7, 11) is 3.20. The van der Waals surface area contributed by atoms with Gasteiger partial charge in [-0.2, -0.15) is 0 Å². The Bertz CT molecular complexity index is 1250. The van der Waals surface area contributed by atoms with E-state index in [-0.39, 0.29) is 17.7 Å². The fraction of sp³-hybridized carbons (Fsp3) is 0.393. The molecule has 2 aromatic carbocycles. The molecule has 3 atom stereocenters. The highest BCUT2D eigenvalue weighted by Gasteiger charge is 2.26. The second-order valence-corrected chi connectivity index (χ2v) is 11.2. The van der Waals surface area contributed by atoms with Crippen LogP contribution in [-0.4, -0.2) is 54.5 Å². The minimum Gasteiger partial charge on any atom is -0.493 e. The van der Waals surface area contributed by atoms with Crippen molar-refractivity contribution >= 4 is 40.9 Å². The van der Waals surface area contributed by atoms with Gasteiger partial charge in [0.05, 0.1) is 30.0 Å². The van der Waals surface area contributed by atoms with E-state index in [1.807, 2.05) is 43.3 Å². The Kier molecular flexibility index (Phi) is 10.1. The number of rotatable bonds is 11. The van der Waals surface area contributed by atoms with Crippen LogP contribution >= 0.6 is 35.0 Å². The van der Waals surface area contributed by atoms with Crippen molar-refractivity contribution in [2.45, 2.75) is 43.4 Å². The predicted octanol–water partition coefficient (Wildman–Crippen LogP) is 5.68. The third-order valence-electron chi connectivity index (χ3n) is 6.54. The molecule has 202 valence electrons. The molecule has 0 radical (unpaired) electrons. The van der Waals surface area contributed by atoms with Gasteiger partial charge in [-0.15, -0.1) is 0 Å². The van der Waals surface area contributed by atoms with E-state index in [2.05, 4.69) is 20.6 Å². The highest BCUT2D eigenvalue weighted by Crippen LogP contribution is 2.32. The van der Waals surface area contributed by atoms with Crippen LogP contribution < -0.4 is 20.1 Å². The van der Waals surface area contributed by atoms with Gasteiger partial charge in [0, 0.05) is 30.0 Å². The molecular weight excluding hydrogens is 543 g/mol. The Hall–Kier alpha value is -2.52. The van der Waals surface area contributed by atoms with E-state index in [1.165, 1.54) is 17.3 Å². The highest BCUT2D eigenvalue weighted by molar-refractivity contribution is 7.99.